The van der Waals surface area contributed by atoms with Crippen molar-refractivity contribution < 1.29 is 4.74 Å². The predicted octanol–water partition coefficient (Wildman–Crippen LogP) is 2.24. The van der Waals surface area contributed by atoms with Crippen molar-refractivity contribution in [2.24, 2.45) is 5.73 Å². The summed E-state index contributed by atoms with van der Waals surface area (Å²) in [5.41, 5.74) is 6.91. The molecule has 0 aliphatic rings. The van der Waals surface area contributed by atoms with E-state index < -0.39 is 0 Å². The van der Waals surface area contributed by atoms with Crippen LogP contribution in [0.5, 0.6) is 5.88 Å². The smallest absolute Gasteiger partial charge is 0.224 e. The molecule has 0 aliphatic carbocycles. The maximum absolute atomic E-state index is 7.45. The van der Waals surface area contributed by atoms with Crippen molar-refractivity contribution in [3.05, 3.63) is 23.4 Å². The zero-order valence-corrected chi connectivity index (χ0v) is 10.1. The van der Waals surface area contributed by atoms with Gasteiger partial charge in [-0.3, -0.25) is 5.41 Å². The van der Waals surface area contributed by atoms with E-state index >= 15 is 0 Å². The third-order valence-electron chi connectivity index (χ3n) is 2.30. The lowest BCUT2D eigenvalue weighted by Gasteiger charge is -2.15. The number of rotatable bonds is 5. The number of nitrogens with two attached hydrogens (primary N) is 1. The van der Waals surface area contributed by atoms with E-state index in [1.807, 2.05) is 19.9 Å². The molecule has 0 spiro atoms. The summed E-state index contributed by atoms with van der Waals surface area (Å²) in [4.78, 5) is 4.27. The van der Waals surface area contributed by atoms with E-state index in [9.17, 15) is 0 Å². The average molecular weight is 221 g/mol. The van der Waals surface area contributed by atoms with Crippen LogP contribution in [0.3, 0.4) is 0 Å². The summed E-state index contributed by atoms with van der Waals surface area (Å²) in [6.07, 6.45) is 2.12. The van der Waals surface area contributed by atoms with Crippen LogP contribution < -0.4 is 10.5 Å². The highest BCUT2D eigenvalue weighted by Crippen LogP contribution is 2.18. The van der Waals surface area contributed by atoms with E-state index in [1.165, 1.54) is 0 Å². The molecule has 16 heavy (non-hydrogen) atoms. The van der Waals surface area contributed by atoms with Crippen LogP contribution in [0, 0.1) is 12.3 Å². The fraction of sp³-hybridized carbons (Fsp3) is 0.500. The quantitative estimate of drug-likeness (QED) is 0.591. The molecule has 1 rings (SSSR count). The average Bonchev–Trinajstić information content (AvgIpc) is 2.17. The lowest BCUT2D eigenvalue weighted by Crippen LogP contribution is -2.18. The van der Waals surface area contributed by atoms with E-state index in [1.54, 1.807) is 6.07 Å². The topological polar surface area (TPSA) is 72.0 Å². The van der Waals surface area contributed by atoms with Crippen LogP contribution in [0.1, 0.15) is 37.9 Å². The summed E-state index contributed by atoms with van der Waals surface area (Å²) in [6.45, 7) is 5.99. The molecule has 1 aromatic heterocycles. The number of nitrogens with one attached hydrogen (secondary N) is 1. The molecule has 1 unspecified atom stereocenters. The van der Waals surface area contributed by atoms with Gasteiger partial charge >= 0.3 is 0 Å². The molecule has 3 N–H and O–H groups in total. The SMILES string of the molecule is CCCC(C)Oc1nc(C)ccc1C(=N)N. The van der Waals surface area contributed by atoms with Crippen LogP contribution in [0.15, 0.2) is 12.1 Å². The van der Waals surface area contributed by atoms with Gasteiger partial charge in [-0.1, -0.05) is 13.3 Å². The first-order chi connectivity index (χ1) is 7.54. The van der Waals surface area contributed by atoms with Crippen LogP contribution in [-0.2, 0) is 0 Å². The van der Waals surface area contributed by atoms with Crippen molar-refractivity contribution in [2.45, 2.75) is 39.7 Å². The Morgan fingerprint density at radius 2 is 2.25 bits per heavy atom. The van der Waals surface area contributed by atoms with Crippen LogP contribution >= 0.6 is 0 Å². The van der Waals surface area contributed by atoms with Crippen LogP contribution in [-0.4, -0.2) is 16.9 Å². The van der Waals surface area contributed by atoms with Crippen molar-refractivity contribution >= 4 is 5.84 Å². The zero-order chi connectivity index (χ0) is 12.1. The molecule has 4 nitrogen and oxygen atoms in total. The van der Waals surface area contributed by atoms with Gasteiger partial charge in [-0.2, -0.15) is 0 Å². The Hall–Kier alpha value is -1.58. The minimum absolute atomic E-state index is 0.00815. The summed E-state index contributed by atoms with van der Waals surface area (Å²) < 4.78 is 5.70. The molecule has 1 atom stereocenters. The molecule has 88 valence electrons. The lowest BCUT2D eigenvalue weighted by molar-refractivity contribution is 0.201. The van der Waals surface area contributed by atoms with Crippen molar-refractivity contribution in [3.8, 4) is 5.88 Å². The molecule has 4 heteroatoms. The maximum Gasteiger partial charge on any atom is 0.224 e. The first kappa shape index (κ1) is 12.5. The second kappa shape index (κ2) is 5.49. The molecule has 0 saturated heterocycles. The summed E-state index contributed by atoms with van der Waals surface area (Å²) in [5.74, 6) is 0.458. The number of aryl methyl sites for hydroxylation is 1. The number of hydrogen-bond donors (Lipinski definition) is 2. The van der Waals surface area contributed by atoms with E-state index in [0.29, 0.717) is 11.4 Å². The number of nitrogens with zero attached hydrogens (tertiary/aromatic N) is 1. The molecule has 0 radical (unpaired) electrons. The van der Waals surface area contributed by atoms with Crippen molar-refractivity contribution in [2.75, 3.05) is 0 Å². The Bertz CT molecular complexity index is 377. The Kier molecular flexibility index (Phi) is 4.28. The van der Waals surface area contributed by atoms with Crippen molar-refractivity contribution in [1.29, 1.82) is 5.41 Å². The summed E-state index contributed by atoms with van der Waals surface area (Å²) in [5, 5.41) is 7.45. The Balaban J connectivity index is 2.92. The van der Waals surface area contributed by atoms with Crippen LogP contribution in [0.4, 0.5) is 0 Å². The van der Waals surface area contributed by atoms with Gasteiger partial charge in [-0.15, -0.1) is 0 Å². The summed E-state index contributed by atoms with van der Waals surface area (Å²) in [6, 6.07) is 3.60. The predicted molar refractivity (Wildman–Crippen MR) is 65.0 cm³/mol. The van der Waals surface area contributed by atoms with E-state index in [4.69, 9.17) is 15.9 Å². The lowest BCUT2D eigenvalue weighted by atomic mass is 10.2. The van der Waals surface area contributed by atoms with E-state index in [2.05, 4.69) is 11.9 Å². The number of pyridine rings is 1. The second-order valence-electron chi connectivity index (χ2n) is 3.94. The highest BCUT2D eigenvalue weighted by molar-refractivity contribution is 5.97. The molecule has 0 amide bonds. The van der Waals surface area contributed by atoms with Gasteiger partial charge in [0.25, 0.3) is 0 Å². The van der Waals surface area contributed by atoms with Gasteiger partial charge in [0.15, 0.2) is 0 Å². The molecular formula is C12H19N3O. The number of ether oxygens (including phenoxy) is 1. The highest BCUT2D eigenvalue weighted by Gasteiger charge is 2.11. The van der Waals surface area contributed by atoms with Crippen molar-refractivity contribution in [3.63, 3.8) is 0 Å². The molecule has 0 aromatic carbocycles. The second-order valence-corrected chi connectivity index (χ2v) is 3.94. The number of hydrogen-bond acceptors (Lipinski definition) is 3. The van der Waals surface area contributed by atoms with Crippen LogP contribution in [0.2, 0.25) is 0 Å². The third-order valence-corrected chi connectivity index (χ3v) is 2.30. The highest BCUT2D eigenvalue weighted by atomic mass is 16.5. The Labute approximate surface area is 96.3 Å². The maximum atomic E-state index is 7.45. The fourth-order valence-electron chi connectivity index (χ4n) is 1.48. The molecule has 0 bridgehead atoms. The number of aromatic nitrogens is 1. The van der Waals surface area contributed by atoms with Gasteiger partial charge in [0.05, 0.1) is 11.7 Å². The molecular weight excluding hydrogens is 202 g/mol. The van der Waals surface area contributed by atoms with Gasteiger partial charge in [0, 0.05) is 5.69 Å². The standard InChI is InChI=1S/C12H19N3O/c1-4-5-9(3)16-12-10(11(13)14)7-6-8(2)15-12/h6-7,9H,4-5H2,1-3H3,(H3,13,14). The van der Waals surface area contributed by atoms with E-state index in [0.717, 1.165) is 18.5 Å². The Morgan fingerprint density at radius 1 is 1.56 bits per heavy atom. The first-order valence-electron chi connectivity index (χ1n) is 5.53. The summed E-state index contributed by atoms with van der Waals surface area (Å²) >= 11 is 0. The van der Waals surface area contributed by atoms with Crippen LogP contribution in [0.25, 0.3) is 0 Å². The summed E-state index contributed by atoms with van der Waals surface area (Å²) in [7, 11) is 0. The van der Waals surface area contributed by atoms with Crippen molar-refractivity contribution in [1.82, 2.24) is 4.98 Å². The molecule has 0 saturated carbocycles. The molecule has 1 aromatic rings. The molecule has 0 aliphatic heterocycles. The molecule has 1 heterocycles. The minimum atomic E-state index is -0.00815. The van der Waals surface area contributed by atoms with Gasteiger partial charge < -0.3 is 10.5 Å². The van der Waals surface area contributed by atoms with Gasteiger partial charge in [0.2, 0.25) is 5.88 Å². The zero-order valence-electron chi connectivity index (χ0n) is 10.1. The van der Waals surface area contributed by atoms with Gasteiger partial charge in [-0.25, -0.2) is 4.98 Å². The molecule has 0 fully saturated rings. The van der Waals surface area contributed by atoms with Gasteiger partial charge in [0.1, 0.15) is 5.84 Å². The third kappa shape index (κ3) is 3.22. The normalized spacial score (nSPS) is 12.2. The first-order valence-corrected chi connectivity index (χ1v) is 5.53. The van der Waals surface area contributed by atoms with Gasteiger partial charge in [-0.05, 0) is 32.4 Å². The number of nitrogen functional groups attached to an aromatic ring is 1. The number of amidine groups is 1. The fourth-order valence-corrected chi connectivity index (χ4v) is 1.48. The monoisotopic (exact) mass is 221 g/mol. The minimum Gasteiger partial charge on any atom is -0.474 e. The Morgan fingerprint density at radius 3 is 2.81 bits per heavy atom. The van der Waals surface area contributed by atoms with E-state index in [-0.39, 0.29) is 11.9 Å². The largest absolute Gasteiger partial charge is 0.474 e.